The van der Waals surface area contributed by atoms with Gasteiger partial charge in [0.2, 0.25) is 6.41 Å². The molecule has 106 valence electrons. The number of aromatic nitrogens is 2. The molecule has 0 saturated carbocycles. The first-order valence-corrected chi connectivity index (χ1v) is 6.70. The van der Waals surface area contributed by atoms with Crippen molar-refractivity contribution in [1.82, 2.24) is 9.38 Å². The molecule has 0 aliphatic rings. The Labute approximate surface area is 121 Å². The predicted octanol–water partition coefficient (Wildman–Crippen LogP) is 2.10. The Morgan fingerprint density at radius 2 is 2.05 bits per heavy atom. The molecule has 0 aliphatic heterocycles. The number of aliphatic hydroxyl groups is 1. The number of rotatable bonds is 5. The first-order chi connectivity index (χ1) is 10.3. The highest BCUT2D eigenvalue weighted by atomic mass is 16.2. The molecule has 2 N–H and O–H groups in total. The summed E-state index contributed by atoms with van der Waals surface area (Å²) >= 11 is 0. The number of amides is 1. The molecule has 5 nitrogen and oxygen atoms in total. The van der Waals surface area contributed by atoms with Crippen molar-refractivity contribution in [2.24, 2.45) is 0 Å². The van der Waals surface area contributed by atoms with Gasteiger partial charge in [0.25, 0.3) is 0 Å². The molecular formula is C16H15N3O2. The van der Waals surface area contributed by atoms with Crippen LogP contribution in [0.15, 0.2) is 48.8 Å². The van der Waals surface area contributed by atoms with Gasteiger partial charge in [-0.3, -0.25) is 4.79 Å². The minimum absolute atomic E-state index is 0.123. The van der Waals surface area contributed by atoms with Crippen LogP contribution in [0, 0.1) is 0 Å². The second-order valence-electron chi connectivity index (χ2n) is 4.70. The van der Waals surface area contributed by atoms with Crippen molar-refractivity contribution in [3.8, 4) is 11.1 Å². The number of fused-ring (bicyclic) bond motifs is 1. The van der Waals surface area contributed by atoms with E-state index in [1.165, 1.54) is 0 Å². The third-order valence-electron chi connectivity index (χ3n) is 3.37. The van der Waals surface area contributed by atoms with Gasteiger partial charge in [-0.2, -0.15) is 0 Å². The fraction of sp³-hybridized carbons (Fsp3) is 0.125. The van der Waals surface area contributed by atoms with E-state index < -0.39 is 0 Å². The van der Waals surface area contributed by atoms with Crippen LogP contribution in [0.1, 0.15) is 5.56 Å². The zero-order chi connectivity index (χ0) is 14.7. The van der Waals surface area contributed by atoms with Gasteiger partial charge in [-0.1, -0.05) is 24.3 Å². The van der Waals surface area contributed by atoms with Gasteiger partial charge in [0, 0.05) is 12.8 Å². The molecule has 3 rings (SSSR count). The Balaban J connectivity index is 2.06. The van der Waals surface area contributed by atoms with E-state index in [2.05, 4.69) is 10.3 Å². The van der Waals surface area contributed by atoms with Gasteiger partial charge >= 0.3 is 0 Å². The number of imidazole rings is 1. The number of hydrogen-bond acceptors (Lipinski definition) is 3. The molecule has 21 heavy (non-hydrogen) atoms. The average Bonchev–Trinajstić information content (AvgIpc) is 2.90. The predicted molar refractivity (Wildman–Crippen MR) is 81.1 cm³/mol. The molecule has 0 unspecified atom stereocenters. The maximum Gasteiger partial charge on any atom is 0.212 e. The van der Waals surface area contributed by atoms with Gasteiger partial charge in [0.05, 0.1) is 6.20 Å². The highest BCUT2D eigenvalue weighted by molar-refractivity contribution is 5.72. The quantitative estimate of drug-likeness (QED) is 0.704. The Morgan fingerprint density at radius 3 is 2.86 bits per heavy atom. The first-order valence-electron chi connectivity index (χ1n) is 6.70. The lowest BCUT2D eigenvalue weighted by atomic mass is 9.99. The van der Waals surface area contributed by atoms with E-state index in [0.29, 0.717) is 18.6 Å². The lowest BCUT2D eigenvalue weighted by Crippen LogP contribution is -1.95. The normalized spacial score (nSPS) is 10.7. The molecule has 0 radical (unpaired) electrons. The lowest BCUT2D eigenvalue weighted by Gasteiger charge is -2.08. The molecule has 0 spiro atoms. The van der Waals surface area contributed by atoms with E-state index in [0.717, 1.165) is 22.3 Å². The number of carbonyl (C=O) groups is 1. The molecule has 0 saturated heterocycles. The molecule has 1 amide bonds. The van der Waals surface area contributed by atoms with Crippen LogP contribution in [0.3, 0.4) is 0 Å². The Morgan fingerprint density at radius 1 is 1.19 bits per heavy atom. The van der Waals surface area contributed by atoms with Crippen LogP contribution < -0.4 is 5.32 Å². The molecule has 1 aromatic carbocycles. The molecule has 3 aromatic rings. The minimum atomic E-state index is 0.123. The van der Waals surface area contributed by atoms with E-state index in [-0.39, 0.29) is 6.61 Å². The van der Waals surface area contributed by atoms with Crippen molar-refractivity contribution in [3.63, 3.8) is 0 Å². The summed E-state index contributed by atoms with van der Waals surface area (Å²) in [6.45, 7) is 0.123. The van der Waals surface area contributed by atoms with E-state index >= 15 is 0 Å². The van der Waals surface area contributed by atoms with Crippen molar-refractivity contribution in [2.45, 2.75) is 6.42 Å². The van der Waals surface area contributed by atoms with Gasteiger partial charge in [0.15, 0.2) is 5.82 Å². The average molecular weight is 281 g/mol. The van der Waals surface area contributed by atoms with Gasteiger partial charge in [-0.25, -0.2) is 4.98 Å². The monoisotopic (exact) mass is 281 g/mol. The lowest BCUT2D eigenvalue weighted by molar-refractivity contribution is -0.105. The third-order valence-corrected chi connectivity index (χ3v) is 3.37. The minimum Gasteiger partial charge on any atom is -0.396 e. The molecule has 0 bridgehead atoms. The van der Waals surface area contributed by atoms with E-state index in [1.54, 1.807) is 6.20 Å². The van der Waals surface area contributed by atoms with Crippen molar-refractivity contribution in [2.75, 3.05) is 11.9 Å². The summed E-state index contributed by atoms with van der Waals surface area (Å²) in [4.78, 5) is 14.7. The van der Waals surface area contributed by atoms with Crippen molar-refractivity contribution in [1.29, 1.82) is 0 Å². The molecule has 0 aliphatic carbocycles. The largest absolute Gasteiger partial charge is 0.396 e. The summed E-state index contributed by atoms with van der Waals surface area (Å²) in [6, 6.07) is 11.9. The first kappa shape index (κ1) is 13.3. The van der Waals surface area contributed by atoms with Crippen LogP contribution in [-0.2, 0) is 11.2 Å². The van der Waals surface area contributed by atoms with Gasteiger partial charge in [-0.05, 0) is 35.2 Å². The fourth-order valence-electron chi connectivity index (χ4n) is 2.42. The summed E-state index contributed by atoms with van der Waals surface area (Å²) in [5, 5.41) is 11.7. The Kier molecular flexibility index (Phi) is 3.66. The molecule has 2 heterocycles. The van der Waals surface area contributed by atoms with Crippen molar-refractivity contribution >= 4 is 17.9 Å². The topological polar surface area (TPSA) is 66.6 Å². The number of anilines is 1. The number of aliphatic hydroxyl groups excluding tert-OH is 1. The van der Waals surface area contributed by atoms with Gasteiger partial charge in [-0.15, -0.1) is 0 Å². The zero-order valence-electron chi connectivity index (χ0n) is 11.4. The van der Waals surface area contributed by atoms with Gasteiger partial charge in [0.1, 0.15) is 5.65 Å². The summed E-state index contributed by atoms with van der Waals surface area (Å²) in [6.07, 6.45) is 4.96. The van der Waals surface area contributed by atoms with E-state index in [4.69, 9.17) is 5.11 Å². The molecule has 0 atom stereocenters. The van der Waals surface area contributed by atoms with Crippen molar-refractivity contribution in [3.05, 3.63) is 54.4 Å². The second-order valence-corrected chi connectivity index (χ2v) is 4.70. The van der Waals surface area contributed by atoms with Crippen LogP contribution in [0.25, 0.3) is 16.8 Å². The van der Waals surface area contributed by atoms with Crippen molar-refractivity contribution < 1.29 is 9.90 Å². The third kappa shape index (κ3) is 2.64. The van der Waals surface area contributed by atoms with Crippen LogP contribution in [0.2, 0.25) is 0 Å². The highest BCUT2D eigenvalue weighted by Crippen LogP contribution is 2.25. The molecule has 0 fully saturated rings. The van der Waals surface area contributed by atoms with Crippen LogP contribution >= 0.6 is 0 Å². The van der Waals surface area contributed by atoms with E-state index in [1.807, 2.05) is 47.0 Å². The summed E-state index contributed by atoms with van der Waals surface area (Å²) in [7, 11) is 0. The number of hydrogen-bond donors (Lipinski definition) is 2. The number of nitrogens with one attached hydrogen (secondary N) is 1. The molecule has 2 aromatic heterocycles. The van der Waals surface area contributed by atoms with Crippen LogP contribution in [0.4, 0.5) is 5.82 Å². The second kappa shape index (κ2) is 5.76. The Bertz CT molecular complexity index is 780. The van der Waals surface area contributed by atoms with Crippen LogP contribution in [-0.4, -0.2) is 27.5 Å². The number of pyridine rings is 1. The number of carbonyl (C=O) groups excluding carboxylic acids is 1. The number of benzene rings is 1. The Hall–Kier alpha value is -2.66. The van der Waals surface area contributed by atoms with Crippen LogP contribution in [0.5, 0.6) is 0 Å². The summed E-state index contributed by atoms with van der Waals surface area (Å²) in [5.41, 5.74) is 4.00. The highest BCUT2D eigenvalue weighted by Gasteiger charge is 2.07. The maximum atomic E-state index is 10.5. The molecular weight excluding hydrogens is 266 g/mol. The summed E-state index contributed by atoms with van der Waals surface area (Å²) < 4.78 is 1.87. The van der Waals surface area contributed by atoms with E-state index in [9.17, 15) is 4.79 Å². The SMILES string of the molecule is O=CNc1cn2cc(-c3ccccc3CCO)ccc2n1. The number of nitrogens with zero attached hydrogens (tertiary/aromatic N) is 2. The standard InChI is InChI=1S/C16H15N3O2/c20-8-7-12-3-1-2-4-14(12)13-5-6-16-18-15(17-11-21)10-19(16)9-13/h1-6,9-11,20H,7-8H2,(H,17,21). The summed E-state index contributed by atoms with van der Waals surface area (Å²) in [5.74, 6) is 0.519. The zero-order valence-corrected chi connectivity index (χ0v) is 11.4. The molecule has 5 heteroatoms. The smallest absolute Gasteiger partial charge is 0.212 e. The fourth-order valence-corrected chi connectivity index (χ4v) is 2.42. The maximum absolute atomic E-state index is 10.5. The van der Waals surface area contributed by atoms with Gasteiger partial charge < -0.3 is 14.8 Å².